The molecule has 0 amide bonds. The maximum Gasteiger partial charge on any atom is 0.335 e. The van der Waals surface area contributed by atoms with Crippen LogP contribution in [0.3, 0.4) is 0 Å². The predicted molar refractivity (Wildman–Crippen MR) is 102 cm³/mol. The molecule has 0 aliphatic carbocycles. The Kier molecular flexibility index (Phi) is 5.12. The van der Waals surface area contributed by atoms with Gasteiger partial charge in [-0.15, -0.1) is 0 Å². The number of aryl methyl sites for hydroxylation is 1. The number of benzene rings is 2. The molecule has 0 saturated heterocycles. The Morgan fingerprint density at radius 3 is 2.42 bits per heavy atom. The van der Waals surface area contributed by atoms with Crippen molar-refractivity contribution in [2.24, 2.45) is 0 Å². The van der Waals surface area contributed by atoms with Crippen LogP contribution >= 0.6 is 0 Å². The predicted octanol–water partition coefficient (Wildman–Crippen LogP) is 3.86. The van der Waals surface area contributed by atoms with Crippen LogP contribution in [0.15, 0.2) is 60.7 Å². The summed E-state index contributed by atoms with van der Waals surface area (Å²) < 4.78 is 0. The van der Waals surface area contributed by atoms with Gasteiger partial charge < -0.3 is 15.3 Å². The molecular formula is C20H20N4O2. The summed E-state index contributed by atoms with van der Waals surface area (Å²) in [6.45, 7) is 2.59. The van der Waals surface area contributed by atoms with Crippen LogP contribution in [0.25, 0.3) is 0 Å². The number of anilines is 3. The van der Waals surface area contributed by atoms with E-state index in [2.05, 4.69) is 32.3 Å². The summed E-state index contributed by atoms with van der Waals surface area (Å²) in [7, 11) is 1.99. The molecule has 1 heterocycles. The number of aromatic carboxylic acids is 1. The Morgan fingerprint density at radius 2 is 1.77 bits per heavy atom. The first-order chi connectivity index (χ1) is 12.5. The fourth-order valence-corrected chi connectivity index (χ4v) is 2.59. The fourth-order valence-electron chi connectivity index (χ4n) is 2.59. The van der Waals surface area contributed by atoms with Gasteiger partial charge in [0.25, 0.3) is 0 Å². The molecule has 0 fully saturated rings. The second-order valence-electron chi connectivity index (χ2n) is 6.01. The maximum atomic E-state index is 10.9. The summed E-state index contributed by atoms with van der Waals surface area (Å²) in [6.07, 6.45) is 0. The van der Waals surface area contributed by atoms with Crippen molar-refractivity contribution in [2.45, 2.75) is 13.5 Å². The lowest BCUT2D eigenvalue weighted by Gasteiger charge is -2.19. The molecule has 6 nitrogen and oxygen atoms in total. The molecule has 0 aliphatic rings. The van der Waals surface area contributed by atoms with Crippen molar-refractivity contribution in [3.63, 3.8) is 0 Å². The lowest BCUT2D eigenvalue weighted by molar-refractivity contribution is 0.0697. The number of carboxylic acid groups (broad SMARTS) is 1. The first-order valence-corrected chi connectivity index (χ1v) is 8.22. The van der Waals surface area contributed by atoms with Gasteiger partial charge in [0.05, 0.1) is 5.56 Å². The molecule has 6 heteroatoms. The van der Waals surface area contributed by atoms with Crippen LogP contribution in [-0.2, 0) is 6.54 Å². The van der Waals surface area contributed by atoms with E-state index < -0.39 is 5.97 Å². The summed E-state index contributed by atoms with van der Waals surface area (Å²) >= 11 is 0. The van der Waals surface area contributed by atoms with E-state index in [0.29, 0.717) is 11.6 Å². The summed E-state index contributed by atoms with van der Waals surface area (Å²) in [5.41, 5.74) is 2.22. The van der Waals surface area contributed by atoms with Crippen molar-refractivity contribution in [3.05, 3.63) is 77.6 Å². The lowest BCUT2D eigenvalue weighted by atomic mass is 10.2. The normalized spacial score (nSPS) is 10.4. The molecule has 0 radical (unpaired) electrons. The zero-order valence-corrected chi connectivity index (χ0v) is 14.7. The van der Waals surface area contributed by atoms with E-state index in [0.717, 1.165) is 18.1 Å². The average molecular weight is 348 g/mol. The smallest absolute Gasteiger partial charge is 0.335 e. The number of carbonyl (C=O) groups is 1. The third-order valence-corrected chi connectivity index (χ3v) is 3.88. The standard InChI is InChI=1S/C20H20N4O2/c1-14-21-18(23-17-10-8-16(9-11-17)20(25)26)12-19(22-14)24(2)13-15-6-4-3-5-7-15/h3-12H,13H2,1-2H3,(H,25,26)(H,21,22,23). The van der Waals surface area contributed by atoms with Gasteiger partial charge in [-0.2, -0.15) is 0 Å². The molecule has 2 aromatic carbocycles. The molecule has 0 saturated carbocycles. The maximum absolute atomic E-state index is 10.9. The summed E-state index contributed by atoms with van der Waals surface area (Å²) in [5.74, 6) is 1.19. The number of carboxylic acids is 1. The third-order valence-electron chi connectivity index (χ3n) is 3.88. The zero-order chi connectivity index (χ0) is 18.5. The molecule has 2 N–H and O–H groups in total. The largest absolute Gasteiger partial charge is 0.478 e. The number of rotatable bonds is 6. The highest BCUT2D eigenvalue weighted by Gasteiger charge is 2.08. The van der Waals surface area contributed by atoms with E-state index >= 15 is 0 Å². The highest BCUT2D eigenvalue weighted by Crippen LogP contribution is 2.21. The van der Waals surface area contributed by atoms with Crippen molar-refractivity contribution in [1.82, 2.24) is 9.97 Å². The second-order valence-corrected chi connectivity index (χ2v) is 6.01. The molecule has 0 spiro atoms. The van der Waals surface area contributed by atoms with Gasteiger partial charge in [0.15, 0.2) is 0 Å². The van der Waals surface area contributed by atoms with Crippen LogP contribution in [0.5, 0.6) is 0 Å². The Balaban J connectivity index is 1.77. The number of hydrogen-bond acceptors (Lipinski definition) is 5. The lowest BCUT2D eigenvalue weighted by Crippen LogP contribution is -2.18. The van der Waals surface area contributed by atoms with Crippen molar-refractivity contribution in [3.8, 4) is 0 Å². The van der Waals surface area contributed by atoms with Gasteiger partial charge in [-0.1, -0.05) is 30.3 Å². The minimum atomic E-state index is -0.945. The van der Waals surface area contributed by atoms with Crippen LogP contribution in [0.4, 0.5) is 17.3 Å². The van der Waals surface area contributed by atoms with Gasteiger partial charge in [-0.05, 0) is 36.8 Å². The molecule has 3 rings (SSSR count). The van der Waals surface area contributed by atoms with E-state index in [1.807, 2.05) is 38.2 Å². The third kappa shape index (κ3) is 4.36. The van der Waals surface area contributed by atoms with Crippen LogP contribution < -0.4 is 10.2 Å². The van der Waals surface area contributed by atoms with Gasteiger partial charge in [-0.3, -0.25) is 0 Å². The number of hydrogen-bond donors (Lipinski definition) is 2. The SMILES string of the molecule is Cc1nc(Nc2ccc(C(=O)O)cc2)cc(N(C)Cc2ccccc2)n1. The minimum absolute atomic E-state index is 0.248. The van der Waals surface area contributed by atoms with E-state index in [9.17, 15) is 4.79 Å². The molecule has 0 aliphatic heterocycles. The van der Waals surface area contributed by atoms with E-state index in [1.165, 1.54) is 5.56 Å². The van der Waals surface area contributed by atoms with E-state index in [4.69, 9.17) is 5.11 Å². The molecule has 3 aromatic rings. The van der Waals surface area contributed by atoms with Gasteiger partial charge in [0, 0.05) is 25.3 Å². The molecule has 0 unspecified atom stereocenters. The number of nitrogens with zero attached hydrogens (tertiary/aromatic N) is 3. The summed E-state index contributed by atoms with van der Waals surface area (Å²) in [4.78, 5) is 21.9. The van der Waals surface area contributed by atoms with Crippen LogP contribution in [0, 0.1) is 6.92 Å². The van der Waals surface area contributed by atoms with Crippen molar-refractivity contribution >= 4 is 23.3 Å². The molecule has 132 valence electrons. The monoisotopic (exact) mass is 348 g/mol. The first kappa shape index (κ1) is 17.4. The van der Waals surface area contributed by atoms with Gasteiger partial charge in [0.2, 0.25) is 0 Å². The Labute approximate surface area is 152 Å². The van der Waals surface area contributed by atoms with Crippen LogP contribution in [0.2, 0.25) is 0 Å². The molecular weight excluding hydrogens is 328 g/mol. The number of aromatic nitrogens is 2. The van der Waals surface area contributed by atoms with Gasteiger partial charge in [-0.25, -0.2) is 14.8 Å². The molecule has 26 heavy (non-hydrogen) atoms. The van der Waals surface area contributed by atoms with Crippen molar-refractivity contribution in [2.75, 3.05) is 17.3 Å². The number of nitrogens with one attached hydrogen (secondary N) is 1. The summed E-state index contributed by atoms with van der Waals surface area (Å²) in [5, 5.41) is 12.2. The van der Waals surface area contributed by atoms with E-state index in [1.54, 1.807) is 24.3 Å². The van der Waals surface area contributed by atoms with Gasteiger partial charge in [0.1, 0.15) is 17.5 Å². The highest BCUT2D eigenvalue weighted by atomic mass is 16.4. The highest BCUT2D eigenvalue weighted by molar-refractivity contribution is 5.88. The topological polar surface area (TPSA) is 78.3 Å². The van der Waals surface area contributed by atoms with Gasteiger partial charge >= 0.3 is 5.97 Å². The fraction of sp³-hybridized carbons (Fsp3) is 0.150. The Bertz CT molecular complexity index is 895. The van der Waals surface area contributed by atoms with Crippen LogP contribution in [-0.4, -0.2) is 28.1 Å². The Hall–Kier alpha value is -3.41. The second kappa shape index (κ2) is 7.65. The van der Waals surface area contributed by atoms with E-state index in [-0.39, 0.29) is 5.56 Å². The van der Waals surface area contributed by atoms with Crippen molar-refractivity contribution in [1.29, 1.82) is 0 Å². The summed E-state index contributed by atoms with van der Waals surface area (Å²) in [6, 6.07) is 18.6. The zero-order valence-electron chi connectivity index (χ0n) is 14.7. The minimum Gasteiger partial charge on any atom is -0.478 e. The van der Waals surface area contributed by atoms with Crippen LogP contribution in [0.1, 0.15) is 21.7 Å². The first-order valence-electron chi connectivity index (χ1n) is 8.22. The Morgan fingerprint density at radius 1 is 1.08 bits per heavy atom. The van der Waals surface area contributed by atoms with Crippen molar-refractivity contribution < 1.29 is 9.90 Å². The molecule has 1 aromatic heterocycles. The average Bonchev–Trinajstić information content (AvgIpc) is 2.62. The quantitative estimate of drug-likeness (QED) is 0.704. The molecule has 0 bridgehead atoms. The molecule has 0 atom stereocenters.